The van der Waals surface area contributed by atoms with Crippen molar-refractivity contribution in [1.82, 2.24) is 0 Å². The fraction of sp³-hybridized carbons (Fsp3) is 0.300. The van der Waals surface area contributed by atoms with Crippen molar-refractivity contribution < 1.29 is 9.59 Å². The first-order valence-electron chi connectivity index (χ1n) is 3.99. The number of thioether (sulfide) groups is 1. The lowest BCUT2D eigenvalue weighted by molar-refractivity contribution is -0.115. The molecule has 0 atom stereocenters. The molecule has 0 aliphatic heterocycles. The van der Waals surface area contributed by atoms with Crippen molar-refractivity contribution in [3.8, 4) is 0 Å². The molecule has 0 rings (SSSR count). The number of hydrogen-bond acceptors (Lipinski definition) is 4. The predicted molar refractivity (Wildman–Crippen MR) is 59.8 cm³/mol. The van der Waals surface area contributed by atoms with E-state index in [4.69, 9.17) is 5.41 Å². The Hall–Kier alpha value is -1.16. The van der Waals surface area contributed by atoms with Crippen LogP contribution in [0.15, 0.2) is 23.6 Å². The smallest absolute Gasteiger partial charge is 0.188 e. The first-order valence-corrected chi connectivity index (χ1v) is 5.28. The quantitative estimate of drug-likeness (QED) is 0.415. The van der Waals surface area contributed by atoms with Gasteiger partial charge in [0.15, 0.2) is 11.6 Å². The van der Waals surface area contributed by atoms with Gasteiger partial charge in [0.2, 0.25) is 0 Å². The van der Waals surface area contributed by atoms with Crippen LogP contribution in [0.3, 0.4) is 0 Å². The molecule has 0 saturated heterocycles. The molecule has 0 spiro atoms. The van der Waals surface area contributed by atoms with Crippen molar-refractivity contribution in [3.63, 3.8) is 0 Å². The summed E-state index contributed by atoms with van der Waals surface area (Å²) in [5.74, 6) is -0.958. The molecule has 0 heterocycles. The molecule has 0 aliphatic carbocycles. The fourth-order valence-corrected chi connectivity index (χ4v) is 1.27. The molecule has 3 nitrogen and oxygen atoms in total. The molecule has 0 fully saturated rings. The Morgan fingerprint density at radius 1 is 1.50 bits per heavy atom. The first-order chi connectivity index (χ1) is 6.52. The van der Waals surface area contributed by atoms with Gasteiger partial charge >= 0.3 is 0 Å². The van der Waals surface area contributed by atoms with Crippen molar-refractivity contribution in [2.45, 2.75) is 13.3 Å². The van der Waals surface area contributed by atoms with E-state index in [1.165, 1.54) is 18.7 Å². The van der Waals surface area contributed by atoms with Crippen molar-refractivity contribution in [2.24, 2.45) is 0 Å². The molecule has 0 aromatic heterocycles. The molecular weight excluding hydrogens is 198 g/mol. The molecule has 14 heavy (non-hydrogen) atoms. The van der Waals surface area contributed by atoms with Gasteiger partial charge in [0.1, 0.15) is 5.71 Å². The standard InChI is InChI=1S/C10H13NO2S/c1-4-8(6-14-3)5-9(13)10(11)7(2)12/h4,6,11H,1,5H2,2-3H3/b8-6+,11-10?. The molecule has 0 amide bonds. The van der Waals surface area contributed by atoms with E-state index in [1.54, 1.807) is 11.5 Å². The number of ketones is 2. The molecule has 76 valence electrons. The highest BCUT2D eigenvalue weighted by Crippen LogP contribution is 2.09. The summed E-state index contributed by atoms with van der Waals surface area (Å²) < 4.78 is 0. The number of carbonyl (C=O) groups is 2. The summed E-state index contributed by atoms with van der Waals surface area (Å²) in [5, 5.41) is 8.96. The minimum absolute atomic E-state index is 0.0722. The Kier molecular flexibility index (Phi) is 5.79. The Morgan fingerprint density at radius 2 is 2.07 bits per heavy atom. The van der Waals surface area contributed by atoms with Gasteiger partial charge in [-0.15, -0.1) is 11.8 Å². The van der Waals surface area contributed by atoms with E-state index in [0.29, 0.717) is 0 Å². The van der Waals surface area contributed by atoms with E-state index >= 15 is 0 Å². The summed E-state index contributed by atoms with van der Waals surface area (Å²) in [7, 11) is 0. The van der Waals surface area contributed by atoms with E-state index in [9.17, 15) is 9.59 Å². The van der Waals surface area contributed by atoms with E-state index in [1.807, 2.05) is 6.26 Å². The number of Topliss-reactive ketones (excluding diaryl/α,β-unsaturated/α-hetero) is 2. The van der Waals surface area contributed by atoms with Gasteiger partial charge in [0, 0.05) is 13.3 Å². The molecule has 0 unspecified atom stereocenters. The maximum Gasteiger partial charge on any atom is 0.188 e. The molecule has 0 aliphatic rings. The van der Waals surface area contributed by atoms with Crippen LogP contribution in [0.1, 0.15) is 13.3 Å². The van der Waals surface area contributed by atoms with E-state index in [-0.39, 0.29) is 6.42 Å². The van der Waals surface area contributed by atoms with Gasteiger partial charge in [-0.1, -0.05) is 12.7 Å². The molecule has 0 aromatic carbocycles. The Bertz CT molecular complexity index is 305. The van der Waals surface area contributed by atoms with Crippen molar-refractivity contribution >= 4 is 29.0 Å². The van der Waals surface area contributed by atoms with Crippen LogP contribution in [-0.4, -0.2) is 23.5 Å². The average molecular weight is 211 g/mol. The van der Waals surface area contributed by atoms with E-state index < -0.39 is 17.3 Å². The third kappa shape index (κ3) is 4.18. The molecule has 4 heteroatoms. The zero-order valence-corrected chi connectivity index (χ0v) is 9.11. The first kappa shape index (κ1) is 12.8. The summed E-state index contributed by atoms with van der Waals surface area (Å²) in [6.07, 6.45) is 3.49. The summed E-state index contributed by atoms with van der Waals surface area (Å²) in [5.41, 5.74) is 0.285. The van der Waals surface area contributed by atoms with E-state index in [0.717, 1.165) is 5.57 Å². The third-order valence-electron chi connectivity index (χ3n) is 1.53. The van der Waals surface area contributed by atoms with Crippen molar-refractivity contribution in [2.75, 3.05) is 6.26 Å². The van der Waals surface area contributed by atoms with Crippen molar-refractivity contribution in [3.05, 3.63) is 23.6 Å². The minimum Gasteiger partial charge on any atom is -0.294 e. The maximum absolute atomic E-state index is 11.3. The summed E-state index contributed by atoms with van der Waals surface area (Å²) in [4.78, 5) is 22.0. The van der Waals surface area contributed by atoms with Gasteiger partial charge in [-0.05, 0) is 17.2 Å². The maximum atomic E-state index is 11.3. The van der Waals surface area contributed by atoms with Crippen LogP contribution in [0.4, 0.5) is 0 Å². The van der Waals surface area contributed by atoms with Crippen LogP contribution in [0.5, 0.6) is 0 Å². The predicted octanol–water partition coefficient (Wildman–Crippen LogP) is 1.99. The SMILES string of the molecule is C=C/C(=C\SC)CC(=O)C(=N)C(C)=O. The van der Waals surface area contributed by atoms with Crippen LogP contribution in [0, 0.1) is 5.41 Å². The topological polar surface area (TPSA) is 58.0 Å². The lowest BCUT2D eigenvalue weighted by atomic mass is 10.1. The van der Waals surface area contributed by atoms with Crippen LogP contribution in [-0.2, 0) is 9.59 Å². The zero-order chi connectivity index (χ0) is 11.1. The number of rotatable bonds is 6. The molecular formula is C10H13NO2S. The fourth-order valence-electron chi connectivity index (χ4n) is 0.783. The number of nitrogens with one attached hydrogen (secondary N) is 1. The van der Waals surface area contributed by atoms with Crippen LogP contribution < -0.4 is 0 Å². The second-order valence-electron chi connectivity index (χ2n) is 2.66. The van der Waals surface area contributed by atoms with Gasteiger partial charge in [0.05, 0.1) is 0 Å². The summed E-state index contributed by atoms with van der Waals surface area (Å²) in [6.45, 7) is 4.76. The van der Waals surface area contributed by atoms with E-state index in [2.05, 4.69) is 6.58 Å². The van der Waals surface area contributed by atoms with Gasteiger partial charge < -0.3 is 0 Å². The monoisotopic (exact) mass is 211 g/mol. The van der Waals surface area contributed by atoms with Gasteiger partial charge in [0.25, 0.3) is 0 Å². The normalized spacial score (nSPS) is 10.9. The van der Waals surface area contributed by atoms with Crippen LogP contribution in [0.25, 0.3) is 0 Å². The van der Waals surface area contributed by atoms with Crippen LogP contribution >= 0.6 is 11.8 Å². The average Bonchev–Trinajstić information content (AvgIpc) is 2.15. The largest absolute Gasteiger partial charge is 0.294 e. The molecule has 0 aromatic rings. The second-order valence-corrected chi connectivity index (χ2v) is 3.37. The Labute approximate surface area is 87.8 Å². The van der Waals surface area contributed by atoms with Gasteiger partial charge in [-0.25, -0.2) is 0 Å². The molecule has 0 radical (unpaired) electrons. The lowest BCUT2D eigenvalue weighted by Gasteiger charge is -2.00. The highest BCUT2D eigenvalue weighted by molar-refractivity contribution is 8.01. The Morgan fingerprint density at radius 3 is 2.43 bits per heavy atom. The summed E-state index contributed by atoms with van der Waals surface area (Å²) in [6, 6.07) is 0. The highest BCUT2D eigenvalue weighted by Gasteiger charge is 2.14. The van der Waals surface area contributed by atoms with Gasteiger partial charge in [-0.2, -0.15) is 0 Å². The number of allylic oxidation sites excluding steroid dienone is 2. The Balaban J connectivity index is 4.45. The number of carbonyl (C=O) groups excluding carboxylic acids is 2. The third-order valence-corrected chi connectivity index (χ3v) is 2.07. The van der Waals surface area contributed by atoms with Crippen molar-refractivity contribution in [1.29, 1.82) is 5.41 Å². The minimum atomic E-state index is -0.498. The molecule has 0 bridgehead atoms. The zero-order valence-electron chi connectivity index (χ0n) is 8.29. The second kappa shape index (κ2) is 6.32. The summed E-state index contributed by atoms with van der Waals surface area (Å²) >= 11 is 1.46. The lowest BCUT2D eigenvalue weighted by Crippen LogP contribution is -2.20. The molecule has 0 saturated carbocycles. The molecule has 1 N–H and O–H groups in total. The van der Waals surface area contributed by atoms with Crippen LogP contribution in [0.2, 0.25) is 0 Å². The number of hydrogen-bond donors (Lipinski definition) is 1. The van der Waals surface area contributed by atoms with Gasteiger partial charge in [-0.3, -0.25) is 15.0 Å². The highest BCUT2D eigenvalue weighted by atomic mass is 32.2.